The molecule has 2 heteroatoms. The van der Waals surface area contributed by atoms with Crippen LogP contribution < -0.4 is 11.5 Å². The van der Waals surface area contributed by atoms with Gasteiger partial charge in [-0.05, 0) is 41.8 Å². The van der Waals surface area contributed by atoms with Gasteiger partial charge in [0, 0.05) is 11.4 Å². The Morgan fingerprint density at radius 2 is 1.00 bits per heavy atom. The quantitative estimate of drug-likeness (QED) is 0.807. The molecule has 0 unspecified atom stereocenters. The maximum Gasteiger partial charge on any atom is 0.0314 e. The van der Waals surface area contributed by atoms with Crippen LogP contribution in [-0.2, 0) is 0 Å². The molecule has 0 aromatic heterocycles. The van der Waals surface area contributed by atoms with Crippen molar-refractivity contribution < 1.29 is 0 Å². The lowest BCUT2D eigenvalue weighted by Crippen LogP contribution is -1.82. The molecule has 0 amide bonds. The number of hydrogen-bond acceptors (Lipinski definition) is 2. The molecule has 0 aliphatic heterocycles. The fraction of sp³-hybridized carbons (Fsp3) is 0.0588. The highest BCUT2D eigenvalue weighted by molar-refractivity contribution is 5.55. The number of nitrogen functional groups attached to an aromatic ring is 2. The van der Waals surface area contributed by atoms with Gasteiger partial charge < -0.3 is 11.5 Å². The van der Waals surface area contributed by atoms with Crippen LogP contribution in [0.25, 0.3) is 12.2 Å². The molecular weight excluding hydrogens is 232 g/mol. The Labute approximate surface area is 114 Å². The maximum absolute atomic E-state index is 5.63. The van der Waals surface area contributed by atoms with Crippen molar-refractivity contribution in [3.63, 3.8) is 0 Å². The third-order valence-electron chi connectivity index (χ3n) is 2.77. The lowest BCUT2D eigenvalue weighted by Gasteiger charge is -1.95. The van der Waals surface area contributed by atoms with E-state index in [1.165, 1.54) is 0 Å². The first-order valence-electron chi connectivity index (χ1n) is 6.28. The molecule has 4 N–H and O–H groups in total. The second-order valence-electron chi connectivity index (χ2n) is 4.37. The van der Waals surface area contributed by atoms with E-state index in [9.17, 15) is 0 Å². The Kier molecular flexibility index (Phi) is 4.40. The molecule has 2 aromatic rings. The second-order valence-corrected chi connectivity index (χ2v) is 4.37. The number of nitrogens with two attached hydrogens (primary N) is 2. The maximum atomic E-state index is 5.63. The topological polar surface area (TPSA) is 52.0 Å². The van der Waals surface area contributed by atoms with Gasteiger partial charge in [-0.1, -0.05) is 48.6 Å². The van der Waals surface area contributed by atoms with Crippen molar-refractivity contribution in [3.05, 3.63) is 71.8 Å². The summed E-state index contributed by atoms with van der Waals surface area (Å²) in [6.07, 6.45) is 9.33. The number of benzene rings is 2. The van der Waals surface area contributed by atoms with Crippen LogP contribution >= 0.6 is 0 Å². The Hall–Kier alpha value is -2.48. The van der Waals surface area contributed by atoms with Crippen LogP contribution in [0.5, 0.6) is 0 Å². The standard InChI is InChI=1S/C17H18N2/c18-16-10-6-14(7-11-16)4-2-1-3-5-15-8-12-17(19)13-9-15/h2-13H,1,18-19H2. The zero-order valence-corrected chi connectivity index (χ0v) is 10.8. The van der Waals surface area contributed by atoms with Gasteiger partial charge in [-0.25, -0.2) is 0 Å². The molecule has 0 aliphatic rings. The van der Waals surface area contributed by atoms with Gasteiger partial charge in [-0.15, -0.1) is 0 Å². The zero-order valence-electron chi connectivity index (χ0n) is 10.8. The van der Waals surface area contributed by atoms with Gasteiger partial charge >= 0.3 is 0 Å². The first-order valence-corrected chi connectivity index (χ1v) is 6.28. The van der Waals surface area contributed by atoms with E-state index in [0.717, 1.165) is 28.9 Å². The van der Waals surface area contributed by atoms with E-state index in [2.05, 4.69) is 24.3 Å². The minimum atomic E-state index is 0.792. The molecule has 2 nitrogen and oxygen atoms in total. The normalized spacial score (nSPS) is 11.4. The molecule has 0 spiro atoms. The third-order valence-corrected chi connectivity index (χ3v) is 2.77. The molecule has 2 rings (SSSR count). The molecule has 19 heavy (non-hydrogen) atoms. The predicted molar refractivity (Wildman–Crippen MR) is 84.4 cm³/mol. The molecule has 0 bridgehead atoms. The van der Waals surface area contributed by atoms with Crippen molar-refractivity contribution in [3.8, 4) is 0 Å². The lowest BCUT2D eigenvalue weighted by atomic mass is 10.1. The van der Waals surface area contributed by atoms with Gasteiger partial charge in [-0.3, -0.25) is 0 Å². The van der Waals surface area contributed by atoms with Crippen LogP contribution in [0.3, 0.4) is 0 Å². The van der Waals surface area contributed by atoms with E-state index in [4.69, 9.17) is 11.5 Å². The summed E-state index contributed by atoms with van der Waals surface area (Å²) in [4.78, 5) is 0. The number of anilines is 2. The summed E-state index contributed by atoms with van der Waals surface area (Å²) in [7, 11) is 0. The SMILES string of the molecule is Nc1ccc(C=CCC=Cc2ccc(N)cc2)cc1. The fourth-order valence-electron chi connectivity index (χ4n) is 1.70. The second kappa shape index (κ2) is 6.45. The Morgan fingerprint density at radius 1 is 0.632 bits per heavy atom. The molecular formula is C17H18N2. The van der Waals surface area contributed by atoms with Crippen LogP contribution in [0.4, 0.5) is 11.4 Å². The highest BCUT2D eigenvalue weighted by Crippen LogP contribution is 2.09. The predicted octanol–water partition coefficient (Wildman–Crippen LogP) is 3.97. The number of allylic oxidation sites excluding steroid dienone is 2. The molecule has 96 valence electrons. The molecule has 2 aromatic carbocycles. The third kappa shape index (κ3) is 4.36. The summed E-state index contributed by atoms with van der Waals surface area (Å²) in [6, 6.07) is 15.7. The summed E-state index contributed by atoms with van der Waals surface area (Å²) < 4.78 is 0. The van der Waals surface area contributed by atoms with Crippen molar-refractivity contribution in [1.82, 2.24) is 0 Å². The molecule has 0 heterocycles. The summed E-state index contributed by atoms with van der Waals surface area (Å²) in [5, 5.41) is 0. The molecule has 0 saturated carbocycles. The highest BCUT2D eigenvalue weighted by Gasteiger charge is 1.87. The Balaban J connectivity index is 1.86. The van der Waals surface area contributed by atoms with Crippen LogP contribution in [0.2, 0.25) is 0 Å². The van der Waals surface area contributed by atoms with E-state index in [0.29, 0.717) is 0 Å². The van der Waals surface area contributed by atoms with E-state index in [1.54, 1.807) is 0 Å². The fourth-order valence-corrected chi connectivity index (χ4v) is 1.70. The van der Waals surface area contributed by atoms with Crippen LogP contribution in [0, 0.1) is 0 Å². The molecule has 0 radical (unpaired) electrons. The van der Waals surface area contributed by atoms with Crippen molar-refractivity contribution in [2.75, 3.05) is 11.5 Å². The molecule has 0 atom stereocenters. The van der Waals surface area contributed by atoms with Gasteiger partial charge in [0.15, 0.2) is 0 Å². The van der Waals surface area contributed by atoms with Crippen molar-refractivity contribution >= 4 is 23.5 Å². The first-order chi connectivity index (χ1) is 9.24. The number of rotatable bonds is 4. The van der Waals surface area contributed by atoms with E-state index in [1.807, 2.05) is 48.5 Å². The van der Waals surface area contributed by atoms with E-state index < -0.39 is 0 Å². The monoisotopic (exact) mass is 250 g/mol. The van der Waals surface area contributed by atoms with Gasteiger partial charge in [0.05, 0.1) is 0 Å². The van der Waals surface area contributed by atoms with E-state index >= 15 is 0 Å². The van der Waals surface area contributed by atoms with Crippen molar-refractivity contribution in [2.24, 2.45) is 0 Å². The average Bonchev–Trinajstić information content (AvgIpc) is 2.43. The Bertz CT molecular complexity index is 510. The highest BCUT2D eigenvalue weighted by atomic mass is 14.5. The van der Waals surface area contributed by atoms with Crippen molar-refractivity contribution in [1.29, 1.82) is 0 Å². The summed E-state index contributed by atoms with van der Waals surface area (Å²) >= 11 is 0. The largest absolute Gasteiger partial charge is 0.399 e. The Morgan fingerprint density at radius 3 is 1.37 bits per heavy atom. The molecule has 0 fully saturated rings. The summed E-state index contributed by atoms with van der Waals surface area (Å²) in [5.41, 5.74) is 15.2. The van der Waals surface area contributed by atoms with Crippen molar-refractivity contribution in [2.45, 2.75) is 6.42 Å². The molecule has 0 saturated heterocycles. The smallest absolute Gasteiger partial charge is 0.0314 e. The number of hydrogen-bond donors (Lipinski definition) is 2. The lowest BCUT2D eigenvalue weighted by molar-refractivity contribution is 1.42. The van der Waals surface area contributed by atoms with Gasteiger partial charge in [0.1, 0.15) is 0 Å². The van der Waals surface area contributed by atoms with Gasteiger partial charge in [-0.2, -0.15) is 0 Å². The zero-order chi connectivity index (χ0) is 13.5. The van der Waals surface area contributed by atoms with Crippen LogP contribution in [-0.4, -0.2) is 0 Å². The summed E-state index contributed by atoms with van der Waals surface area (Å²) in [6.45, 7) is 0. The van der Waals surface area contributed by atoms with Gasteiger partial charge in [0.2, 0.25) is 0 Å². The van der Waals surface area contributed by atoms with Crippen LogP contribution in [0.1, 0.15) is 17.5 Å². The first kappa shape index (κ1) is 13.0. The minimum Gasteiger partial charge on any atom is -0.399 e. The minimum absolute atomic E-state index is 0.792. The van der Waals surface area contributed by atoms with E-state index in [-0.39, 0.29) is 0 Å². The van der Waals surface area contributed by atoms with Crippen LogP contribution in [0.15, 0.2) is 60.7 Å². The summed E-state index contributed by atoms with van der Waals surface area (Å²) in [5.74, 6) is 0. The van der Waals surface area contributed by atoms with Gasteiger partial charge in [0.25, 0.3) is 0 Å². The average molecular weight is 250 g/mol. The molecule has 0 aliphatic carbocycles.